The predicted octanol–water partition coefficient (Wildman–Crippen LogP) is 0.942. The summed E-state index contributed by atoms with van der Waals surface area (Å²) in [6.45, 7) is 12.7. The van der Waals surface area contributed by atoms with Gasteiger partial charge in [-0.05, 0) is 40.8 Å². The van der Waals surface area contributed by atoms with Crippen molar-refractivity contribution in [3.05, 3.63) is 0 Å². The van der Waals surface area contributed by atoms with E-state index in [1.165, 1.54) is 0 Å². The van der Waals surface area contributed by atoms with Crippen molar-refractivity contribution >= 4 is 5.97 Å². The first-order valence-electron chi connectivity index (χ1n) is 7.83. The highest BCUT2D eigenvalue weighted by molar-refractivity contribution is 5.75. The molecule has 0 aromatic rings. The van der Waals surface area contributed by atoms with Crippen LogP contribution in [0.15, 0.2) is 0 Å². The number of carbonyl (C=O) groups excluding carboxylic acids is 1. The number of likely N-dealkylation sites (N-methyl/N-ethyl adjacent to an activating group) is 2. The number of piperazine rings is 1. The molecule has 0 radical (unpaired) electrons. The van der Waals surface area contributed by atoms with E-state index in [0.29, 0.717) is 18.7 Å². The van der Waals surface area contributed by atoms with Crippen LogP contribution in [0.1, 0.15) is 34.1 Å². The molecule has 0 saturated carbocycles. The maximum atomic E-state index is 11.9. The number of esters is 1. The second-order valence-corrected chi connectivity index (χ2v) is 5.77. The molecule has 5 nitrogen and oxygen atoms in total. The molecule has 1 heterocycles. The third-order valence-corrected chi connectivity index (χ3v) is 4.19. The smallest absolute Gasteiger partial charge is 0.323 e. The summed E-state index contributed by atoms with van der Waals surface area (Å²) in [5.74, 6) is -0.121. The maximum absolute atomic E-state index is 11.9. The Bertz CT molecular complexity index is 287. The summed E-state index contributed by atoms with van der Waals surface area (Å²) in [6.07, 6.45) is 0.815. The summed E-state index contributed by atoms with van der Waals surface area (Å²) in [6, 6.07) is 0.961. The van der Waals surface area contributed by atoms with Gasteiger partial charge in [-0.25, -0.2) is 0 Å². The Hall–Kier alpha value is -0.650. The zero-order valence-corrected chi connectivity index (χ0v) is 13.7. The normalized spacial score (nSPS) is 26.4. The fourth-order valence-corrected chi connectivity index (χ4v) is 2.80. The van der Waals surface area contributed by atoms with Crippen LogP contribution in [-0.4, -0.2) is 73.7 Å². The van der Waals surface area contributed by atoms with Crippen molar-refractivity contribution in [3.8, 4) is 0 Å². The van der Waals surface area contributed by atoms with Gasteiger partial charge in [-0.3, -0.25) is 9.69 Å². The van der Waals surface area contributed by atoms with Crippen LogP contribution in [0.4, 0.5) is 0 Å². The van der Waals surface area contributed by atoms with Crippen LogP contribution in [0.25, 0.3) is 0 Å². The first kappa shape index (κ1) is 17.4. The molecule has 1 saturated heterocycles. The van der Waals surface area contributed by atoms with Crippen molar-refractivity contribution < 1.29 is 9.53 Å². The molecule has 0 bridgehead atoms. The highest BCUT2D eigenvalue weighted by atomic mass is 16.5. The van der Waals surface area contributed by atoms with Crippen LogP contribution in [0.3, 0.4) is 0 Å². The van der Waals surface area contributed by atoms with Gasteiger partial charge in [0.1, 0.15) is 6.04 Å². The summed E-state index contributed by atoms with van der Waals surface area (Å²) in [5, 5.41) is 3.23. The van der Waals surface area contributed by atoms with Crippen LogP contribution < -0.4 is 5.32 Å². The average Bonchev–Trinajstić information content (AvgIpc) is 2.40. The summed E-state index contributed by atoms with van der Waals surface area (Å²) < 4.78 is 5.13. The van der Waals surface area contributed by atoms with E-state index in [2.05, 4.69) is 36.0 Å². The second kappa shape index (κ2) is 8.60. The Kier molecular flexibility index (Phi) is 7.48. The van der Waals surface area contributed by atoms with Gasteiger partial charge in [0.25, 0.3) is 0 Å². The Morgan fingerprint density at radius 2 is 1.90 bits per heavy atom. The van der Waals surface area contributed by atoms with E-state index in [1.54, 1.807) is 0 Å². The molecule has 5 heteroatoms. The van der Waals surface area contributed by atoms with E-state index in [9.17, 15) is 4.79 Å². The maximum Gasteiger partial charge on any atom is 0.323 e. The van der Waals surface area contributed by atoms with E-state index >= 15 is 0 Å². The number of nitrogens with one attached hydrogen (secondary N) is 1. The van der Waals surface area contributed by atoms with Gasteiger partial charge in [-0.15, -0.1) is 0 Å². The van der Waals surface area contributed by atoms with Crippen LogP contribution in [0.5, 0.6) is 0 Å². The quantitative estimate of drug-likeness (QED) is 0.705. The fraction of sp³-hybridized carbons (Fsp3) is 0.933. The zero-order valence-electron chi connectivity index (χ0n) is 13.7. The predicted molar refractivity (Wildman–Crippen MR) is 81.8 cm³/mol. The lowest BCUT2D eigenvalue weighted by atomic mass is 10.1. The molecule has 1 aliphatic heterocycles. The Balaban J connectivity index is 2.44. The molecule has 1 rings (SSSR count). The van der Waals surface area contributed by atoms with Crippen molar-refractivity contribution in [2.45, 2.75) is 52.2 Å². The SMILES string of the molecule is CCNC(CCN1CC(C)N(C)C(C)C1)C(=O)OCC. The fourth-order valence-electron chi connectivity index (χ4n) is 2.80. The van der Waals surface area contributed by atoms with Gasteiger partial charge in [-0.2, -0.15) is 0 Å². The van der Waals surface area contributed by atoms with Gasteiger partial charge in [-0.1, -0.05) is 6.92 Å². The minimum absolute atomic E-state index is 0.121. The summed E-state index contributed by atoms with van der Waals surface area (Å²) in [4.78, 5) is 16.8. The number of hydrogen-bond acceptors (Lipinski definition) is 5. The third-order valence-electron chi connectivity index (χ3n) is 4.19. The summed E-state index contributed by atoms with van der Waals surface area (Å²) >= 11 is 0. The molecule has 0 spiro atoms. The number of nitrogens with zero attached hydrogens (tertiary/aromatic N) is 2. The Morgan fingerprint density at radius 3 is 2.40 bits per heavy atom. The first-order valence-corrected chi connectivity index (χ1v) is 7.83. The van der Waals surface area contributed by atoms with Crippen molar-refractivity contribution in [3.63, 3.8) is 0 Å². The molecule has 1 aliphatic rings. The standard InChI is InChI=1S/C15H31N3O2/c1-6-16-14(15(19)20-7-2)8-9-18-10-12(3)17(5)13(4)11-18/h12-14,16H,6-11H2,1-5H3. The molecule has 1 fully saturated rings. The molecule has 118 valence electrons. The van der Waals surface area contributed by atoms with Crippen LogP contribution in [0.2, 0.25) is 0 Å². The molecule has 3 unspecified atom stereocenters. The van der Waals surface area contributed by atoms with E-state index in [-0.39, 0.29) is 12.0 Å². The van der Waals surface area contributed by atoms with Gasteiger partial charge < -0.3 is 15.0 Å². The average molecular weight is 285 g/mol. The molecular formula is C15H31N3O2. The monoisotopic (exact) mass is 285 g/mol. The lowest BCUT2D eigenvalue weighted by Crippen LogP contribution is -2.55. The van der Waals surface area contributed by atoms with Crippen LogP contribution in [0, 0.1) is 0 Å². The van der Waals surface area contributed by atoms with Gasteiger partial charge in [0.2, 0.25) is 0 Å². The number of rotatable bonds is 7. The van der Waals surface area contributed by atoms with E-state index in [1.807, 2.05) is 13.8 Å². The van der Waals surface area contributed by atoms with E-state index in [0.717, 1.165) is 32.6 Å². The molecule has 0 aliphatic carbocycles. The summed E-state index contributed by atoms with van der Waals surface area (Å²) in [5.41, 5.74) is 0. The van der Waals surface area contributed by atoms with Crippen molar-refractivity contribution in [1.82, 2.24) is 15.1 Å². The van der Waals surface area contributed by atoms with Gasteiger partial charge in [0.05, 0.1) is 6.61 Å². The highest BCUT2D eigenvalue weighted by Gasteiger charge is 2.27. The molecule has 0 aromatic carbocycles. The second-order valence-electron chi connectivity index (χ2n) is 5.77. The van der Waals surface area contributed by atoms with Crippen molar-refractivity contribution in [1.29, 1.82) is 0 Å². The first-order chi connectivity index (χ1) is 9.49. The lowest BCUT2D eigenvalue weighted by molar-refractivity contribution is -0.146. The van der Waals surface area contributed by atoms with Gasteiger partial charge >= 0.3 is 5.97 Å². The van der Waals surface area contributed by atoms with E-state index < -0.39 is 0 Å². The summed E-state index contributed by atoms with van der Waals surface area (Å²) in [7, 11) is 2.19. The molecule has 1 N–H and O–H groups in total. The molecule has 20 heavy (non-hydrogen) atoms. The minimum atomic E-state index is -0.176. The van der Waals surface area contributed by atoms with Crippen molar-refractivity contribution in [2.75, 3.05) is 39.8 Å². The number of hydrogen-bond donors (Lipinski definition) is 1. The zero-order chi connectivity index (χ0) is 15.1. The van der Waals surface area contributed by atoms with E-state index in [4.69, 9.17) is 4.74 Å². The largest absolute Gasteiger partial charge is 0.465 e. The van der Waals surface area contributed by atoms with Gasteiger partial charge in [0, 0.05) is 31.7 Å². The lowest BCUT2D eigenvalue weighted by Gasteiger charge is -2.42. The van der Waals surface area contributed by atoms with Crippen LogP contribution >= 0.6 is 0 Å². The van der Waals surface area contributed by atoms with Crippen molar-refractivity contribution in [2.24, 2.45) is 0 Å². The molecular weight excluding hydrogens is 254 g/mol. The van der Waals surface area contributed by atoms with Crippen LogP contribution in [-0.2, 0) is 9.53 Å². The number of carbonyl (C=O) groups is 1. The third kappa shape index (κ3) is 5.04. The number of ether oxygens (including phenoxy) is 1. The van der Waals surface area contributed by atoms with Gasteiger partial charge in [0.15, 0.2) is 0 Å². The highest BCUT2D eigenvalue weighted by Crippen LogP contribution is 2.14. The molecule has 0 amide bonds. The molecule has 0 aromatic heterocycles. The Morgan fingerprint density at radius 1 is 1.30 bits per heavy atom. The molecule has 3 atom stereocenters. The minimum Gasteiger partial charge on any atom is -0.465 e. The topological polar surface area (TPSA) is 44.8 Å². The Labute approximate surface area is 123 Å².